The van der Waals surface area contributed by atoms with Crippen molar-refractivity contribution in [2.75, 3.05) is 0 Å². The number of sulfonamides is 1. The molecule has 7 heteroatoms. The third-order valence-electron chi connectivity index (χ3n) is 3.00. The minimum Gasteiger partial charge on any atom is -0.390 e. The van der Waals surface area contributed by atoms with Crippen molar-refractivity contribution in [3.05, 3.63) is 40.3 Å². The summed E-state index contributed by atoms with van der Waals surface area (Å²) < 4.78 is 28.8. The summed E-state index contributed by atoms with van der Waals surface area (Å²) in [5.41, 5.74) is 0.566. The Balaban J connectivity index is 2.10. The molecule has 0 fully saturated rings. The van der Waals surface area contributed by atoms with E-state index in [0.717, 1.165) is 4.88 Å². The van der Waals surface area contributed by atoms with Crippen LogP contribution in [0.4, 0.5) is 0 Å². The van der Waals surface area contributed by atoms with E-state index in [-0.39, 0.29) is 17.5 Å². The van der Waals surface area contributed by atoms with Crippen molar-refractivity contribution in [1.29, 1.82) is 0 Å². The van der Waals surface area contributed by atoms with Crippen LogP contribution in [-0.4, -0.2) is 24.1 Å². The fourth-order valence-corrected chi connectivity index (χ4v) is 4.16. The molecule has 5 nitrogen and oxygen atoms in total. The molecule has 2 aromatic heterocycles. The normalized spacial score (nSPS) is 13.6. The van der Waals surface area contributed by atoms with Gasteiger partial charge in [-0.15, -0.1) is 11.3 Å². The van der Waals surface area contributed by atoms with Gasteiger partial charge in [0.05, 0.1) is 11.5 Å². The van der Waals surface area contributed by atoms with E-state index in [1.807, 2.05) is 24.4 Å². The summed E-state index contributed by atoms with van der Waals surface area (Å²) in [5, 5.41) is 11.1. The Morgan fingerprint density at radius 1 is 1.50 bits per heavy atom. The summed E-state index contributed by atoms with van der Waals surface area (Å²) >= 11 is 1.61. The highest BCUT2D eigenvalue weighted by Gasteiger charge is 2.20. The second kappa shape index (κ2) is 6.09. The van der Waals surface area contributed by atoms with Crippen LogP contribution in [-0.2, 0) is 30.1 Å². The van der Waals surface area contributed by atoms with Crippen molar-refractivity contribution in [3.8, 4) is 0 Å². The van der Waals surface area contributed by atoms with Crippen LogP contribution in [0.2, 0.25) is 0 Å². The van der Waals surface area contributed by atoms with E-state index in [1.165, 1.54) is 12.3 Å². The molecule has 0 bridgehead atoms. The second-order valence-electron chi connectivity index (χ2n) is 4.74. The van der Waals surface area contributed by atoms with Crippen molar-refractivity contribution >= 4 is 21.4 Å². The number of nitrogens with one attached hydrogen (secondary N) is 1. The Kier molecular flexibility index (Phi) is 4.64. The summed E-state index contributed by atoms with van der Waals surface area (Å²) in [4.78, 5) is 1.33. The molecular formula is C13H18N2O3S2. The van der Waals surface area contributed by atoms with Gasteiger partial charge < -0.3 is 9.67 Å². The number of aliphatic hydroxyl groups excluding tert-OH is 1. The van der Waals surface area contributed by atoms with Gasteiger partial charge in [0, 0.05) is 29.9 Å². The van der Waals surface area contributed by atoms with Crippen LogP contribution in [0, 0.1) is 0 Å². The minimum atomic E-state index is -3.55. The van der Waals surface area contributed by atoms with Gasteiger partial charge in [-0.05, 0) is 30.9 Å². The van der Waals surface area contributed by atoms with Gasteiger partial charge in [-0.2, -0.15) is 0 Å². The fourth-order valence-electron chi connectivity index (χ4n) is 1.99. The summed E-state index contributed by atoms with van der Waals surface area (Å²) in [6.07, 6.45) is 2.17. The average Bonchev–Trinajstić information content (AvgIpc) is 2.97. The molecule has 0 spiro atoms. The number of nitrogens with zero attached hydrogens (tertiary/aromatic N) is 1. The molecular weight excluding hydrogens is 296 g/mol. The molecule has 0 aliphatic carbocycles. The lowest BCUT2D eigenvalue weighted by atomic mass is 10.2. The Bertz CT molecular complexity index is 660. The Morgan fingerprint density at radius 3 is 2.80 bits per heavy atom. The minimum absolute atomic E-state index is 0.182. The second-order valence-corrected chi connectivity index (χ2v) is 7.49. The van der Waals surface area contributed by atoms with Gasteiger partial charge in [0.25, 0.3) is 0 Å². The molecule has 2 N–H and O–H groups in total. The number of thiophene rings is 1. The smallest absolute Gasteiger partial charge is 0.242 e. The van der Waals surface area contributed by atoms with Crippen molar-refractivity contribution in [3.63, 3.8) is 0 Å². The maximum Gasteiger partial charge on any atom is 0.242 e. The Morgan fingerprint density at radius 2 is 2.25 bits per heavy atom. The monoisotopic (exact) mass is 314 g/mol. The van der Waals surface area contributed by atoms with E-state index >= 15 is 0 Å². The fraction of sp³-hybridized carbons (Fsp3) is 0.385. The third kappa shape index (κ3) is 3.49. The van der Waals surface area contributed by atoms with Crippen LogP contribution in [0.15, 0.2) is 34.7 Å². The Labute approximate surface area is 122 Å². The van der Waals surface area contributed by atoms with Crippen LogP contribution < -0.4 is 4.72 Å². The zero-order valence-electron chi connectivity index (χ0n) is 11.4. The molecule has 2 rings (SSSR count). The number of hydrogen-bond donors (Lipinski definition) is 2. The molecule has 0 radical (unpaired) electrons. The van der Waals surface area contributed by atoms with E-state index in [1.54, 1.807) is 23.0 Å². The molecule has 0 saturated heterocycles. The van der Waals surface area contributed by atoms with Crippen LogP contribution in [0.25, 0.3) is 0 Å². The van der Waals surface area contributed by atoms with Gasteiger partial charge >= 0.3 is 0 Å². The molecule has 110 valence electrons. The molecule has 1 unspecified atom stereocenters. The number of aliphatic hydroxyl groups is 1. The molecule has 0 amide bonds. The summed E-state index contributed by atoms with van der Waals surface area (Å²) in [7, 11) is -1.84. The van der Waals surface area contributed by atoms with Gasteiger partial charge in [0.1, 0.15) is 0 Å². The van der Waals surface area contributed by atoms with Crippen molar-refractivity contribution in [2.24, 2.45) is 7.05 Å². The first kappa shape index (κ1) is 15.2. The number of aryl methyl sites for hydroxylation is 1. The standard InChI is InChI=1S/C13H18N2O3S2/c1-10(6-12-4-3-5-19-12)14-20(17,18)13-7-11(9-16)15(2)8-13/h3-5,7-8,10,14,16H,6,9H2,1-2H3. The van der Waals surface area contributed by atoms with Gasteiger partial charge in [-0.25, -0.2) is 13.1 Å². The molecule has 0 aliphatic rings. The van der Waals surface area contributed by atoms with Crippen LogP contribution >= 0.6 is 11.3 Å². The third-order valence-corrected chi connectivity index (χ3v) is 5.45. The van der Waals surface area contributed by atoms with Crippen molar-refractivity contribution in [1.82, 2.24) is 9.29 Å². The molecule has 1 atom stereocenters. The summed E-state index contributed by atoms with van der Waals surface area (Å²) in [6, 6.07) is 5.24. The topological polar surface area (TPSA) is 71.3 Å². The van der Waals surface area contributed by atoms with E-state index in [9.17, 15) is 8.42 Å². The number of aromatic nitrogens is 1. The zero-order chi connectivity index (χ0) is 14.8. The maximum absolute atomic E-state index is 12.2. The van der Waals surface area contributed by atoms with Gasteiger partial charge in [0.2, 0.25) is 10.0 Å². The highest BCUT2D eigenvalue weighted by Crippen LogP contribution is 2.16. The van der Waals surface area contributed by atoms with Gasteiger partial charge in [-0.1, -0.05) is 6.07 Å². The number of rotatable bonds is 6. The lowest BCUT2D eigenvalue weighted by Gasteiger charge is -2.12. The van der Waals surface area contributed by atoms with Crippen LogP contribution in [0.3, 0.4) is 0 Å². The molecule has 2 aromatic rings. The Hall–Kier alpha value is -1.15. The molecule has 0 aromatic carbocycles. The molecule has 20 heavy (non-hydrogen) atoms. The first-order chi connectivity index (χ1) is 9.42. The first-order valence-electron chi connectivity index (χ1n) is 6.23. The predicted molar refractivity (Wildman–Crippen MR) is 79.1 cm³/mol. The van der Waals surface area contributed by atoms with Gasteiger partial charge in [0.15, 0.2) is 0 Å². The lowest BCUT2D eigenvalue weighted by Crippen LogP contribution is -2.33. The SMILES string of the molecule is CC(Cc1cccs1)NS(=O)(=O)c1cc(CO)n(C)c1. The average molecular weight is 314 g/mol. The van der Waals surface area contributed by atoms with E-state index in [0.29, 0.717) is 12.1 Å². The largest absolute Gasteiger partial charge is 0.390 e. The lowest BCUT2D eigenvalue weighted by molar-refractivity contribution is 0.272. The number of hydrogen-bond acceptors (Lipinski definition) is 4. The van der Waals surface area contributed by atoms with Crippen molar-refractivity contribution < 1.29 is 13.5 Å². The van der Waals surface area contributed by atoms with Crippen LogP contribution in [0.1, 0.15) is 17.5 Å². The maximum atomic E-state index is 12.2. The first-order valence-corrected chi connectivity index (χ1v) is 8.59. The van der Waals surface area contributed by atoms with E-state index in [2.05, 4.69) is 4.72 Å². The van der Waals surface area contributed by atoms with E-state index < -0.39 is 10.0 Å². The zero-order valence-corrected chi connectivity index (χ0v) is 13.0. The summed E-state index contributed by atoms with van der Waals surface area (Å²) in [6.45, 7) is 1.66. The highest BCUT2D eigenvalue weighted by atomic mass is 32.2. The predicted octanol–water partition coefficient (Wildman–Crippen LogP) is 1.49. The quantitative estimate of drug-likeness (QED) is 0.848. The van der Waals surface area contributed by atoms with Crippen molar-refractivity contribution in [2.45, 2.75) is 30.9 Å². The van der Waals surface area contributed by atoms with Crippen LogP contribution in [0.5, 0.6) is 0 Å². The molecule has 0 saturated carbocycles. The summed E-state index contributed by atoms with van der Waals surface area (Å²) in [5.74, 6) is 0. The molecule has 0 aliphatic heterocycles. The van der Waals surface area contributed by atoms with E-state index in [4.69, 9.17) is 5.11 Å². The van der Waals surface area contributed by atoms with Gasteiger partial charge in [-0.3, -0.25) is 0 Å². The highest BCUT2D eigenvalue weighted by molar-refractivity contribution is 7.89. The molecule has 2 heterocycles.